The standard InChI is InChI=1S/C19H8BrF7O.C12H7F3O.C10H8BrF2S2.CHF3O3S.H3P.H2S/c20-11-7-13(21)17(14(22)8-11)19(26,27)28-12-3-1-9(2-4-12)10-5-15(23)18(25)16(24)6-10;13-10-5-8(6-11(14)12(10)15)7-1-3-9(16)4-2-7;11-6-4-7(12)9(8(13)5-6)10-14-2-1-3-15-10;2-1(3,4)8(5,6)7;;/h1-8H;1-6,16H;4-5H,1-3H2;(H,5,6,7);1H3;1H2/q;;+1;;;/p+1. The van der Waals surface area contributed by atoms with E-state index in [4.69, 9.17) is 9.66 Å². The summed E-state index contributed by atoms with van der Waals surface area (Å²) in [4.78, 5) is 0. The summed E-state index contributed by atoms with van der Waals surface area (Å²) >= 11 is 8.92. The summed E-state index contributed by atoms with van der Waals surface area (Å²) in [6.45, 7) is 0. The van der Waals surface area contributed by atoms with Gasteiger partial charge in [0.05, 0.1) is 0 Å². The maximum absolute atomic E-state index is 14.2. The Balaban J connectivity index is 0.000000341. The second kappa shape index (κ2) is 25.9. The quantitative estimate of drug-likeness (QED) is 0.0448. The van der Waals surface area contributed by atoms with Crippen molar-refractivity contribution in [1.82, 2.24) is 0 Å². The lowest BCUT2D eigenvalue weighted by Crippen LogP contribution is -2.25. The van der Waals surface area contributed by atoms with Gasteiger partial charge in [-0.25, -0.2) is 43.9 Å². The third kappa shape index (κ3) is 17.1. The molecule has 0 fully saturated rings. The van der Waals surface area contributed by atoms with Crippen molar-refractivity contribution in [2.45, 2.75) is 18.0 Å². The maximum atomic E-state index is 14.2. The monoisotopic (exact) mass is 1220 g/mol. The Kier molecular flexibility index (Phi) is 22.9. The average Bonchev–Trinajstić information content (AvgIpc) is 3.21. The molecule has 0 aromatic heterocycles. The molecule has 27 heteroatoms. The summed E-state index contributed by atoms with van der Waals surface area (Å²) in [5, 5.41) is 9.05. The van der Waals surface area contributed by atoms with Gasteiger partial charge in [-0.05, 0) is 95.1 Å². The molecule has 7 rings (SSSR count). The van der Waals surface area contributed by atoms with E-state index in [9.17, 15) is 74.3 Å². The van der Waals surface area contributed by atoms with Gasteiger partial charge in [-0.15, -0.1) is 8.42 Å². The van der Waals surface area contributed by atoms with E-state index in [0.717, 1.165) is 58.5 Å². The largest absolute Gasteiger partial charge is 0.571 e. The topological polar surface area (TPSA) is 86.5 Å². The number of halogens is 17. The van der Waals surface area contributed by atoms with Crippen LogP contribution in [0.2, 0.25) is 0 Å². The Morgan fingerprint density at radius 3 is 1.30 bits per heavy atom. The Bertz CT molecular complexity index is 2790. The third-order valence-electron chi connectivity index (χ3n) is 8.17. The number of ether oxygens (including phenoxy) is 1. The zero-order chi connectivity index (χ0) is 50.2. The molecule has 374 valence electrons. The van der Waals surface area contributed by atoms with Crippen LogP contribution in [0.15, 0.2) is 106 Å². The first-order valence-corrected chi connectivity index (χ1v) is 22.9. The first-order valence-electron chi connectivity index (χ1n) is 17.8. The van der Waals surface area contributed by atoms with E-state index >= 15 is 0 Å². The molecule has 1 aliphatic rings. The van der Waals surface area contributed by atoms with Gasteiger partial charge in [0, 0.05) is 21.1 Å². The van der Waals surface area contributed by atoms with Crippen LogP contribution < -0.4 is 4.74 Å². The van der Waals surface area contributed by atoms with Crippen LogP contribution >= 0.6 is 67.0 Å². The van der Waals surface area contributed by atoms with Crippen LogP contribution in [-0.2, 0) is 27.6 Å². The first-order chi connectivity index (χ1) is 31.1. The highest BCUT2D eigenvalue weighted by Crippen LogP contribution is 2.37. The number of phenols is 1. The molecule has 0 amide bonds. The Morgan fingerprint density at radius 1 is 0.594 bits per heavy atom. The van der Waals surface area contributed by atoms with Gasteiger partial charge in [0.2, 0.25) is 0 Å². The van der Waals surface area contributed by atoms with Crippen LogP contribution in [0.25, 0.3) is 22.3 Å². The summed E-state index contributed by atoms with van der Waals surface area (Å²) in [6, 6.07) is 17.3. The minimum Gasteiger partial charge on any atom is -0.508 e. The highest BCUT2D eigenvalue weighted by Gasteiger charge is 2.50. The molecule has 5 nitrogen and oxygen atoms in total. The zero-order valence-electron chi connectivity index (χ0n) is 33.9. The molecule has 69 heavy (non-hydrogen) atoms. The second-order valence-electron chi connectivity index (χ2n) is 13.0. The highest BCUT2D eigenvalue weighted by atomic mass is 79.9. The smallest absolute Gasteiger partial charge is 0.508 e. The molecule has 1 unspecified atom stereocenters. The molecule has 0 aliphatic carbocycles. The molecular weight excluding hydrogens is 1190 g/mol. The Hall–Kier alpha value is -4.04. The summed E-state index contributed by atoms with van der Waals surface area (Å²) in [5.41, 5.74) is -6.01. The summed E-state index contributed by atoms with van der Waals surface area (Å²) in [6.07, 6.45) is -3.23. The highest BCUT2D eigenvalue weighted by molar-refractivity contribution is 9.10. The maximum Gasteiger partial charge on any atom is 0.571 e. The van der Waals surface area contributed by atoms with Gasteiger partial charge in [0.1, 0.15) is 45.9 Å². The second-order valence-corrected chi connectivity index (χ2v) is 18.7. The molecular formula is C42H30Br2F15O5PS4+2. The molecule has 0 bridgehead atoms. The summed E-state index contributed by atoms with van der Waals surface area (Å²) < 4.78 is 223. The fraction of sp³-hybridized carbons (Fsp3) is 0.119. The lowest BCUT2D eigenvalue weighted by molar-refractivity contribution is -0.189. The van der Waals surface area contributed by atoms with Crippen molar-refractivity contribution in [3.8, 4) is 33.8 Å². The first kappa shape index (κ1) is 61.1. The molecule has 1 atom stereocenters. The lowest BCUT2D eigenvalue weighted by atomic mass is 10.1. The fourth-order valence-corrected chi connectivity index (χ4v) is 8.59. The number of phenolic OH excluding ortho intramolecular Hbond substituents is 1. The molecule has 6 aromatic rings. The van der Waals surface area contributed by atoms with Crippen molar-refractivity contribution in [3.05, 3.63) is 175 Å². The van der Waals surface area contributed by atoms with E-state index in [0.29, 0.717) is 22.2 Å². The molecule has 0 saturated heterocycles. The molecule has 1 heterocycles. The number of aromatic hydroxyl groups is 1. The van der Waals surface area contributed by atoms with Crippen LogP contribution in [0.5, 0.6) is 11.5 Å². The normalized spacial score (nSPS) is 12.3. The Labute approximate surface area is 417 Å². The zero-order valence-corrected chi connectivity index (χ0v) is 41.9. The van der Waals surface area contributed by atoms with Gasteiger partial charge >= 0.3 is 21.7 Å². The predicted octanol–water partition coefficient (Wildman–Crippen LogP) is 13.6. The summed E-state index contributed by atoms with van der Waals surface area (Å²) in [5.74, 6) is -10.9. The van der Waals surface area contributed by atoms with E-state index in [1.54, 1.807) is 0 Å². The molecule has 0 spiro atoms. The van der Waals surface area contributed by atoms with E-state index in [1.165, 1.54) is 71.6 Å². The van der Waals surface area contributed by atoms with Crippen molar-refractivity contribution in [3.63, 3.8) is 0 Å². The molecule has 0 radical (unpaired) electrons. The van der Waals surface area contributed by atoms with E-state index in [1.807, 2.05) is 0 Å². The van der Waals surface area contributed by atoms with Crippen LogP contribution in [0.1, 0.15) is 17.5 Å². The SMILES string of the molecule is Fc1cc(-c2ccc(OC(F)(F)c3c(F)cc(Br)cc3F)cc2)cc(F)c1F.Fc1cc(Br)cc(F)c1C1=[S+]CCCS1.O=S(=O)([OH2+])C(F)(F)F.Oc1ccc(-c2cc(F)c(F)c(F)c2)cc1.P.S. The van der Waals surface area contributed by atoms with Crippen molar-refractivity contribution in [1.29, 1.82) is 0 Å². The summed E-state index contributed by atoms with van der Waals surface area (Å²) in [7, 11) is -5.59. The van der Waals surface area contributed by atoms with Gasteiger partial charge < -0.3 is 14.4 Å². The number of hydrogen-bond acceptors (Lipinski definition) is 5. The minimum atomic E-state index is -5.59. The van der Waals surface area contributed by atoms with E-state index in [2.05, 4.69) is 36.6 Å². The molecule has 0 saturated carbocycles. The van der Waals surface area contributed by atoms with Crippen molar-refractivity contribution in [2.24, 2.45) is 0 Å². The van der Waals surface area contributed by atoms with Crippen LogP contribution in [0.3, 0.4) is 0 Å². The van der Waals surface area contributed by atoms with Crippen molar-refractivity contribution >= 4 is 92.7 Å². The number of benzene rings is 6. The fourth-order valence-electron chi connectivity index (χ4n) is 5.14. The van der Waals surface area contributed by atoms with Crippen LogP contribution in [0.4, 0.5) is 65.9 Å². The van der Waals surface area contributed by atoms with Gasteiger partial charge in [0.15, 0.2) is 52.0 Å². The average molecular weight is 1220 g/mol. The van der Waals surface area contributed by atoms with Crippen LogP contribution in [0, 0.1) is 58.2 Å². The lowest BCUT2D eigenvalue weighted by Gasteiger charge is -2.19. The van der Waals surface area contributed by atoms with Gasteiger partial charge in [-0.1, -0.05) is 67.9 Å². The predicted molar refractivity (Wildman–Crippen MR) is 251 cm³/mol. The van der Waals surface area contributed by atoms with Crippen LogP contribution in [-0.4, -0.2) is 39.3 Å². The number of hydrogen-bond donors (Lipinski definition) is 1. The number of rotatable bonds is 6. The molecule has 6 aromatic carbocycles. The van der Waals surface area contributed by atoms with Gasteiger partial charge in [0.25, 0.3) is 4.20 Å². The van der Waals surface area contributed by atoms with Crippen molar-refractivity contribution in [2.75, 3.05) is 11.5 Å². The Morgan fingerprint density at radius 2 is 0.957 bits per heavy atom. The van der Waals surface area contributed by atoms with E-state index < -0.39 is 91.2 Å². The van der Waals surface area contributed by atoms with Crippen molar-refractivity contribution < 1.29 is 88.7 Å². The van der Waals surface area contributed by atoms with Gasteiger partial charge in [-0.2, -0.15) is 45.3 Å². The minimum absolute atomic E-state index is 0. The third-order valence-corrected chi connectivity index (χ3v) is 12.3. The number of alkyl halides is 5. The number of thioether (sulfide) groups is 1. The van der Waals surface area contributed by atoms with Gasteiger partial charge in [-0.3, -0.25) is 0 Å². The molecule has 3 N–H and O–H groups in total. The van der Waals surface area contributed by atoms with E-state index in [-0.39, 0.29) is 55.9 Å². The molecule has 1 aliphatic heterocycles.